The Labute approximate surface area is 133 Å². The zero-order valence-corrected chi connectivity index (χ0v) is 13.9. The largest absolute Gasteiger partial charge is 0.389 e. The fraction of sp³-hybridized carbons (Fsp3) is 0.364. The van der Waals surface area contributed by atoms with Crippen LogP contribution in [0.3, 0.4) is 0 Å². The molecule has 0 aromatic heterocycles. The number of sulfonamides is 1. The minimum absolute atomic E-state index is 0.0195. The standard InChI is InChI=1S/C11H13ClN2O4S3/c12-9-5-7(11(13)19)1-2-10(9)21(17,18)14-8-3-4-20(15,16)6-8/h1-2,5,8,14H,3-4,6H2,(H2,13,19). The Balaban J connectivity index is 2.26. The third-order valence-electron chi connectivity index (χ3n) is 3.06. The highest BCUT2D eigenvalue weighted by Gasteiger charge is 2.32. The van der Waals surface area contributed by atoms with E-state index in [0.717, 1.165) is 0 Å². The lowest BCUT2D eigenvalue weighted by molar-refractivity contribution is 0.562. The summed E-state index contributed by atoms with van der Waals surface area (Å²) in [7, 11) is -7.07. The van der Waals surface area contributed by atoms with E-state index in [1.54, 1.807) is 0 Å². The molecule has 0 spiro atoms. The van der Waals surface area contributed by atoms with Gasteiger partial charge in [0.15, 0.2) is 9.84 Å². The van der Waals surface area contributed by atoms with Crippen molar-refractivity contribution in [1.29, 1.82) is 0 Å². The molecule has 21 heavy (non-hydrogen) atoms. The van der Waals surface area contributed by atoms with Crippen molar-refractivity contribution in [3.63, 3.8) is 0 Å². The highest BCUT2D eigenvalue weighted by atomic mass is 35.5. The van der Waals surface area contributed by atoms with Gasteiger partial charge in [0.2, 0.25) is 10.0 Å². The quantitative estimate of drug-likeness (QED) is 0.747. The summed E-state index contributed by atoms with van der Waals surface area (Å²) in [5.41, 5.74) is 5.90. The average Bonchev–Trinajstić information content (AvgIpc) is 2.67. The molecule has 6 nitrogen and oxygen atoms in total. The third-order valence-corrected chi connectivity index (χ3v) is 7.07. The topological polar surface area (TPSA) is 106 Å². The van der Waals surface area contributed by atoms with Crippen LogP contribution in [-0.4, -0.2) is 39.4 Å². The molecule has 1 fully saturated rings. The van der Waals surface area contributed by atoms with E-state index in [2.05, 4.69) is 4.72 Å². The highest BCUT2D eigenvalue weighted by Crippen LogP contribution is 2.24. The monoisotopic (exact) mass is 368 g/mol. The fourth-order valence-electron chi connectivity index (χ4n) is 2.04. The molecule has 1 atom stereocenters. The number of sulfone groups is 1. The van der Waals surface area contributed by atoms with Crippen LogP contribution in [0, 0.1) is 0 Å². The average molecular weight is 369 g/mol. The molecule has 1 unspecified atom stereocenters. The van der Waals surface area contributed by atoms with Crippen LogP contribution in [-0.2, 0) is 19.9 Å². The first-order valence-corrected chi connectivity index (χ1v) is 10.0. The first-order valence-electron chi connectivity index (χ1n) is 5.93. The lowest BCUT2D eigenvalue weighted by Gasteiger charge is -2.13. The van der Waals surface area contributed by atoms with Gasteiger partial charge in [0.1, 0.15) is 9.88 Å². The third kappa shape index (κ3) is 3.92. The van der Waals surface area contributed by atoms with Gasteiger partial charge in [-0.15, -0.1) is 0 Å². The molecule has 0 aliphatic carbocycles. The zero-order chi connectivity index (χ0) is 15.8. The van der Waals surface area contributed by atoms with Crippen molar-refractivity contribution < 1.29 is 16.8 Å². The SMILES string of the molecule is NC(=S)c1ccc(S(=O)(=O)NC2CCS(=O)(=O)C2)c(Cl)c1. The van der Waals surface area contributed by atoms with Crippen molar-refractivity contribution in [1.82, 2.24) is 4.72 Å². The van der Waals surface area contributed by atoms with Crippen molar-refractivity contribution in [2.75, 3.05) is 11.5 Å². The van der Waals surface area contributed by atoms with Crippen molar-refractivity contribution in [2.45, 2.75) is 17.4 Å². The van der Waals surface area contributed by atoms with Crippen LogP contribution in [0.5, 0.6) is 0 Å². The highest BCUT2D eigenvalue weighted by molar-refractivity contribution is 7.92. The molecule has 1 aromatic carbocycles. The van der Waals surface area contributed by atoms with Gasteiger partial charge in [-0.2, -0.15) is 0 Å². The van der Waals surface area contributed by atoms with Crippen LogP contribution < -0.4 is 10.5 Å². The second-order valence-electron chi connectivity index (χ2n) is 4.73. The molecule has 0 bridgehead atoms. The van der Waals surface area contributed by atoms with E-state index in [9.17, 15) is 16.8 Å². The predicted molar refractivity (Wildman–Crippen MR) is 84.7 cm³/mol. The second kappa shape index (κ2) is 5.81. The smallest absolute Gasteiger partial charge is 0.242 e. The van der Waals surface area contributed by atoms with E-state index in [1.807, 2.05) is 0 Å². The maximum absolute atomic E-state index is 12.2. The van der Waals surface area contributed by atoms with Gasteiger partial charge in [0.05, 0.1) is 16.5 Å². The fourth-order valence-corrected chi connectivity index (χ4v) is 5.76. The molecule has 116 valence electrons. The number of halogens is 1. The van der Waals surface area contributed by atoms with Crippen LogP contribution in [0.2, 0.25) is 5.02 Å². The van der Waals surface area contributed by atoms with Gasteiger partial charge in [-0.3, -0.25) is 0 Å². The second-order valence-corrected chi connectivity index (χ2v) is 9.49. The van der Waals surface area contributed by atoms with E-state index in [1.165, 1.54) is 18.2 Å². The molecule has 0 radical (unpaired) electrons. The van der Waals surface area contributed by atoms with Crippen molar-refractivity contribution >= 4 is 48.7 Å². The number of thiocarbonyl (C=S) groups is 1. The van der Waals surface area contributed by atoms with E-state index in [4.69, 9.17) is 29.6 Å². The van der Waals surface area contributed by atoms with Crippen molar-refractivity contribution in [2.24, 2.45) is 5.73 Å². The van der Waals surface area contributed by atoms with E-state index in [0.29, 0.717) is 5.56 Å². The van der Waals surface area contributed by atoms with Crippen LogP contribution in [0.25, 0.3) is 0 Å². The van der Waals surface area contributed by atoms with Gasteiger partial charge in [0, 0.05) is 11.6 Å². The molecule has 3 N–H and O–H groups in total. The van der Waals surface area contributed by atoms with Crippen LogP contribution in [0.15, 0.2) is 23.1 Å². The van der Waals surface area contributed by atoms with Crippen molar-refractivity contribution in [3.8, 4) is 0 Å². The normalized spacial score (nSPS) is 21.3. The molecule has 1 aliphatic heterocycles. The van der Waals surface area contributed by atoms with Gasteiger partial charge < -0.3 is 5.73 Å². The molecule has 2 rings (SSSR count). The van der Waals surface area contributed by atoms with E-state index >= 15 is 0 Å². The minimum atomic E-state index is -3.90. The lowest BCUT2D eigenvalue weighted by atomic mass is 10.2. The lowest BCUT2D eigenvalue weighted by Crippen LogP contribution is -2.35. The molecule has 1 aliphatic rings. The van der Waals surface area contributed by atoms with Crippen LogP contribution in [0.1, 0.15) is 12.0 Å². The van der Waals surface area contributed by atoms with Crippen molar-refractivity contribution in [3.05, 3.63) is 28.8 Å². The molecular weight excluding hydrogens is 356 g/mol. The molecule has 1 aromatic rings. The molecule has 1 saturated heterocycles. The maximum Gasteiger partial charge on any atom is 0.242 e. The Morgan fingerprint density at radius 3 is 2.57 bits per heavy atom. The molecule has 1 heterocycles. The molecule has 0 saturated carbocycles. The van der Waals surface area contributed by atoms with Gasteiger partial charge in [-0.25, -0.2) is 21.6 Å². The Bertz CT molecular complexity index is 790. The Kier molecular flexibility index (Phi) is 4.60. The minimum Gasteiger partial charge on any atom is -0.389 e. The van der Waals surface area contributed by atoms with E-state index < -0.39 is 25.9 Å². The summed E-state index contributed by atoms with van der Waals surface area (Å²) >= 11 is 10.7. The summed E-state index contributed by atoms with van der Waals surface area (Å²) in [4.78, 5) is -0.0239. The predicted octanol–water partition coefficient (Wildman–Crippen LogP) is 0.440. The summed E-state index contributed by atoms with van der Waals surface area (Å²) in [6.07, 6.45) is 0.254. The Morgan fingerprint density at radius 1 is 1.43 bits per heavy atom. The van der Waals surface area contributed by atoms with E-state index in [-0.39, 0.29) is 32.8 Å². The number of rotatable bonds is 4. The zero-order valence-electron chi connectivity index (χ0n) is 10.7. The number of nitrogens with one attached hydrogen (secondary N) is 1. The summed E-state index contributed by atoms with van der Waals surface area (Å²) in [5, 5.41) is -0.0198. The summed E-state index contributed by atoms with van der Waals surface area (Å²) < 4.78 is 49.6. The summed E-state index contributed by atoms with van der Waals surface area (Å²) in [5.74, 6) is -0.219. The van der Waals surface area contributed by atoms with Gasteiger partial charge in [-0.1, -0.05) is 29.9 Å². The number of nitrogens with two attached hydrogens (primary N) is 1. The maximum atomic E-state index is 12.2. The number of hydrogen-bond acceptors (Lipinski definition) is 5. The first kappa shape index (κ1) is 16.6. The van der Waals surface area contributed by atoms with Gasteiger partial charge in [-0.05, 0) is 18.6 Å². The molecule has 0 amide bonds. The summed E-state index contributed by atoms with van der Waals surface area (Å²) in [6, 6.07) is 3.48. The number of hydrogen-bond donors (Lipinski definition) is 2. The summed E-state index contributed by atoms with van der Waals surface area (Å²) in [6.45, 7) is 0. The Morgan fingerprint density at radius 2 is 2.10 bits per heavy atom. The molecule has 10 heteroatoms. The van der Waals surface area contributed by atoms with Gasteiger partial charge in [0.25, 0.3) is 0 Å². The molecular formula is C11H13ClN2O4S3. The number of benzene rings is 1. The van der Waals surface area contributed by atoms with Crippen LogP contribution >= 0.6 is 23.8 Å². The van der Waals surface area contributed by atoms with Crippen LogP contribution in [0.4, 0.5) is 0 Å². The first-order chi connectivity index (χ1) is 9.61. The van der Waals surface area contributed by atoms with Gasteiger partial charge >= 0.3 is 0 Å². The Hall–Kier alpha value is -0.740.